The van der Waals surface area contributed by atoms with Crippen LogP contribution in [0.1, 0.15) is 32.6 Å². The monoisotopic (exact) mass is 298 g/mol. The Morgan fingerprint density at radius 1 is 1.53 bits per heavy atom. The number of nitro groups is 1. The highest BCUT2D eigenvalue weighted by Gasteiger charge is 2.36. The minimum atomic E-state index is -0.338. The van der Waals surface area contributed by atoms with Crippen LogP contribution in [-0.4, -0.2) is 10.5 Å². The van der Waals surface area contributed by atoms with Crippen molar-refractivity contribution in [3.63, 3.8) is 0 Å². The minimum Gasteiger partial charge on any atom is -0.374 e. The molecule has 1 N–H and O–H groups in total. The van der Waals surface area contributed by atoms with Gasteiger partial charge >= 0.3 is 0 Å². The molecule has 0 amide bonds. The third kappa shape index (κ3) is 2.44. The number of hydrogen-bond donors (Lipinski definition) is 1. The lowest BCUT2D eigenvalue weighted by molar-refractivity contribution is -0.384. The summed E-state index contributed by atoms with van der Waals surface area (Å²) in [6, 6.07) is 5.15. The van der Waals surface area contributed by atoms with Crippen LogP contribution in [0, 0.1) is 10.1 Å². The van der Waals surface area contributed by atoms with Crippen LogP contribution in [0.4, 0.5) is 11.4 Å². The molecule has 0 spiro atoms. The van der Waals surface area contributed by atoms with E-state index in [0.717, 1.165) is 23.7 Å². The van der Waals surface area contributed by atoms with Crippen LogP contribution in [0.25, 0.3) is 0 Å². The molecule has 0 bridgehead atoms. The first-order chi connectivity index (χ1) is 8.06. The van der Waals surface area contributed by atoms with Crippen molar-refractivity contribution in [1.82, 2.24) is 0 Å². The third-order valence-electron chi connectivity index (χ3n) is 3.54. The van der Waals surface area contributed by atoms with Crippen LogP contribution >= 0.6 is 15.9 Å². The van der Waals surface area contributed by atoms with Crippen molar-refractivity contribution in [2.75, 3.05) is 5.32 Å². The van der Waals surface area contributed by atoms with Gasteiger partial charge in [0.15, 0.2) is 0 Å². The topological polar surface area (TPSA) is 55.2 Å². The quantitative estimate of drug-likeness (QED) is 0.672. The third-order valence-corrected chi connectivity index (χ3v) is 4.04. The van der Waals surface area contributed by atoms with Gasteiger partial charge < -0.3 is 5.32 Å². The van der Waals surface area contributed by atoms with Crippen molar-refractivity contribution < 1.29 is 4.92 Å². The maximum atomic E-state index is 11.0. The van der Waals surface area contributed by atoms with Crippen LogP contribution < -0.4 is 5.32 Å². The molecule has 4 nitrogen and oxygen atoms in total. The number of nitro benzene ring substituents is 1. The van der Waals surface area contributed by atoms with Gasteiger partial charge in [0.1, 0.15) is 5.69 Å². The molecule has 1 aromatic rings. The van der Waals surface area contributed by atoms with Crippen molar-refractivity contribution in [2.24, 2.45) is 0 Å². The summed E-state index contributed by atoms with van der Waals surface area (Å²) in [6.07, 6.45) is 4.39. The van der Waals surface area contributed by atoms with Crippen LogP contribution in [-0.2, 0) is 0 Å². The minimum absolute atomic E-state index is 0.0680. The largest absolute Gasteiger partial charge is 0.374 e. The summed E-state index contributed by atoms with van der Waals surface area (Å²) in [4.78, 5) is 10.7. The Labute approximate surface area is 109 Å². The van der Waals surface area contributed by atoms with Gasteiger partial charge in [-0.25, -0.2) is 0 Å². The summed E-state index contributed by atoms with van der Waals surface area (Å²) in [5.74, 6) is 0. The second-order valence-corrected chi connectivity index (χ2v) is 5.45. The molecule has 1 aromatic carbocycles. The van der Waals surface area contributed by atoms with Gasteiger partial charge in [-0.05, 0) is 37.8 Å². The van der Waals surface area contributed by atoms with Gasteiger partial charge in [0.25, 0.3) is 5.69 Å². The average Bonchev–Trinajstić information content (AvgIpc) is 2.25. The number of benzene rings is 1. The van der Waals surface area contributed by atoms with Crippen molar-refractivity contribution >= 4 is 27.3 Å². The predicted molar refractivity (Wildman–Crippen MR) is 71.3 cm³/mol. The van der Waals surface area contributed by atoms with Gasteiger partial charge in [-0.3, -0.25) is 10.1 Å². The first-order valence-electron chi connectivity index (χ1n) is 5.78. The number of anilines is 1. The maximum Gasteiger partial charge on any atom is 0.293 e. The molecular formula is C12H15BrN2O2. The molecule has 0 atom stereocenters. The van der Waals surface area contributed by atoms with Crippen molar-refractivity contribution in [1.29, 1.82) is 0 Å². The van der Waals surface area contributed by atoms with Gasteiger partial charge in [-0.2, -0.15) is 0 Å². The van der Waals surface area contributed by atoms with Crippen molar-refractivity contribution in [2.45, 2.75) is 38.1 Å². The van der Waals surface area contributed by atoms with E-state index in [1.54, 1.807) is 12.1 Å². The van der Waals surface area contributed by atoms with Crippen LogP contribution in [0.2, 0.25) is 0 Å². The SMILES string of the molecule is CCC1(Nc2ccc(Br)cc2[N+](=O)[O-])CCC1. The smallest absolute Gasteiger partial charge is 0.293 e. The molecule has 92 valence electrons. The Morgan fingerprint density at radius 2 is 2.24 bits per heavy atom. The summed E-state index contributed by atoms with van der Waals surface area (Å²) < 4.78 is 0.730. The molecule has 2 rings (SSSR count). The molecular weight excluding hydrogens is 284 g/mol. The summed E-state index contributed by atoms with van der Waals surface area (Å²) in [5, 5.41) is 14.4. The highest BCUT2D eigenvalue weighted by molar-refractivity contribution is 9.10. The number of hydrogen-bond acceptors (Lipinski definition) is 3. The van der Waals surface area contributed by atoms with E-state index >= 15 is 0 Å². The fraction of sp³-hybridized carbons (Fsp3) is 0.500. The zero-order chi connectivity index (χ0) is 12.5. The Morgan fingerprint density at radius 3 is 2.71 bits per heavy atom. The Bertz CT molecular complexity index is 439. The van der Waals surface area contributed by atoms with E-state index in [9.17, 15) is 10.1 Å². The van der Waals surface area contributed by atoms with Gasteiger partial charge in [-0.15, -0.1) is 0 Å². The number of rotatable bonds is 4. The summed E-state index contributed by atoms with van der Waals surface area (Å²) in [5.41, 5.74) is 0.831. The molecule has 5 heteroatoms. The molecule has 0 aromatic heterocycles. The molecule has 17 heavy (non-hydrogen) atoms. The molecule has 0 saturated heterocycles. The lowest BCUT2D eigenvalue weighted by atomic mass is 9.74. The zero-order valence-electron chi connectivity index (χ0n) is 9.70. The van der Waals surface area contributed by atoms with E-state index in [-0.39, 0.29) is 16.1 Å². The van der Waals surface area contributed by atoms with Gasteiger partial charge in [0.05, 0.1) is 4.92 Å². The zero-order valence-corrected chi connectivity index (χ0v) is 11.3. The second-order valence-electron chi connectivity index (χ2n) is 4.53. The van der Waals surface area contributed by atoms with Crippen LogP contribution in [0.15, 0.2) is 22.7 Å². The van der Waals surface area contributed by atoms with E-state index in [4.69, 9.17) is 0 Å². The number of halogens is 1. The van der Waals surface area contributed by atoms with Gasteiger partial charge in [0, 0.05) is 16.1 Å². The fourth-order valence-electron chi connectivity index (χ4n) is 2.22. The number of nitrogens with zero attached hydrogens (tertiary/aromatic N) is 1. The second kappa shape index (κ2) is 4.64. The average molecular weight is 299 g/mol. The lowest BCUT2D eigenvalue weighted by Crippen LogP contribution is -2.44. The molecule has 0 heterocycles. The normalized spacial score (nSPS) is 17.3. The summed E-state index contributed by atoms with van der Waals surface area (Å²) in [7, 11) is 0. The van der Waals surface area contributed by atoms with E-state index < -0.39 is 0 Å². The van der Waals surface area contributed by atoms with E-state index in [2.05, 4.69) is 28.2 Å². The van der Waals surface area contributed by atoms with Crippen LogP contribution in [0.3, 0.4) is 0 Å². The highest BCUT2D eigenvalue weighted by atomic mass is 79.9. The molecule has 0 radical (unpaired) electrons. The molecule has 1 aliphatic rings. The Kier molecular flexibility index (Phi) is 3.38. The number of nitrogens with one attached hydrogen (secondary N) is 1. The molecule has 0 unspecified atom stereocenters. The first-order valence-corrected chi connectivity index (χ1v) is 6.58. The maximum absolute atomic E-state index is 11.0. The van der Waals surface area contributed by atoms with Crippen molar-refractivity contribution in [3.05, 3.63) is 32.8 Å². The molecule has 1 fully saturated rings. The molecule has 1 saturated carbocycles. The van der Waals surface area contributed by atoms with Gasteiger partial charge in [0.2, 0.25) is 0 Å². The Hall–Kier alpha value is -1.10. The van der Waals surface area contributed by atoms with E-state index in [0.29, 0.717) is 5.69 Å². The van der Waals surface area contributed by atoms with Gasteiger partial charge in [-0.1, -0.05) is 22.9 Å². The summed E-state index contributed by atoms with van der Waals surface area (Å²) >= 11 is 3.26. The first kappa shape index (κ1) is 12.4. The molecule has 1 aliphatic carbocycles. The predicted octanol–water partition coefficient (Wildman–Crippen LogP) is 4.10. The van der Waals surface area contributed by atoms with Crippen molar-refractivity contribution in [3.8, 4) is 0 Å². The van der Waals surface area contributed by atoms with E-state index in [1.807, 2.05) is 6.07 Å². The molecule has 0 aliphatic heterocycles. The summed E-state index contributed by atoms with van der Waals surface area (Å²) in [6.45, 7) is 2.12. The van der Waals surface area contributed by atoms with E-state index in [1.165, 1.54) is 6.42 Å². The highest BCUT2D eigenvalue weighted by Crippen LogP contribution is 2.40. The fourth-order valence-corrected chi connectivity index (χ4v) is 2.57. The lowest BCUT2D eigenvalue weighted by Gasteiger charge is -2.42. The standard InChI is InChI=1S/C12H15BrN2O2/c1-2-12(6-3-7-12)14-10-5-4-9(13)8-11(10)15(16)17/h4-5,8,14H,2-3,6-7H2,1H3. The Balaban J connectivity index is 2.29. The van der Waals surface area contributed by atoms with Crippen LogP contribution in [0.5, 0.6) is 0 Å².